The van der Waals surface area contributed by atoms with Gasteiger partial charge in [-0.25, -0.2) is 4.39 Å². The van der Waals surface area contributed by atoms with Crippen LogP contribution in [-0.2, 0) is 16.0 Å². The number of benzene rings is 1. The minimum Gasteiger partial charge on any atom is -0.468 e. The van der Waals surface area contributed by atoms with Gasteiger partial charge in [-0.05, 0) is 11.6 Å². The van der Waals surface area contributed by atoms with Crippen molar-refractivity contribution in [1.82, 2.24) is 0 Å². The summed E-state index contributed by atoms with van der Waals surface area (Å²) in [5.74, 6) is -2.01. The van der Waals surface area contributed by atoms with Crippen molar-refractivity contribution in [3.8, 4) is 6.07 Å². The van der Waals surface area contributed by atoms with Gasteiger partial charge in [0.25, 0.3) is 0 Å². The smallest absolute Gasteiger partial charge is 0.323 e. The number of nitrogens with zero attached hydrogens (tertiary/aromatic N) is 1. The van der Waals surface area contributed by atoms with E-state index in [1.807, 2.05) is 0 Å². The van der Waals surface area contributed by atoms with Gasteiger partial charge in [-0.2, -0.15) is 5.26 Å². The van der Waals surface area contributed by atoms with E-state index < -0.39 is 17.7 Å². The van der Waals surface area contributed by atoms with E-state index in [2.05, 4.69) is 4.74 Å². The molecule has 1 atom stereocenters. The summed E-state index contributed by atoms with van der Waals surface area (Å²) in [6.45, 7) is 0. The Labute approximate surface area is 87.1 Å². The van der Waals surface area contributed by atoms with Crippen molar-refractivity contribution in [3.63, 3.8) is 0 Å². The predicted molar refractivity (Wildman–Crippen MR) is 51.2 cm³/mol. The van der Waals surface area contributed by atoms with Crippen molar-refractivity contribution < 1.29 is 13.9 Å². The molecule has 0 fully saturated rings. The summed E-state index contributed by atoms with van der Waals surface area (Å²) in [6, 6.07) is 7.84. The molecule has 3 nitrogen and oxygen atoms in total. The van der Waals surface area contributed by atoms with Crippen molar-refractivity contribution in [3.05, 3.63) is 35.6 Å². The molecule has 0 radical (unpaired) electrons. The lowest BCUT2D eigenvalue weighted by atomic mass is 10.0. The maximum atomic E-state index is 13.2. The van der Waals surface area contributed by atoms with Gasteiger partial charge in [0.15, 0.2) is 0 Å². The van der Waals surface area contributed by atoms with E-state index in [1.54, 1.807) is 24.3 Å². The highest BCUT2D eigenvalue weighted by molar-refractivity contribution is 5.75. The van der Waals surface area contributed by atoms with Crippen molar-refractivity contribution in [2.75, 3.05) is 7.11 Å². The summed E-state index contributed by atoms with van der Waals surface area (Å²) in [7, 11) is 1.20. The molecular formula is C11H10FNO2. The minimum atomic E-state index is -0.952. The van der Waals surface area contributed by atoms with E-state index in [1.165, 1.54) is 13.2 Å². The second-order valence-corrected chi connectivity index (χ2v) is 3.00. The van der Waals surface area contributed by atoms with E-state index in [0.29, 0.717) is 5.56 Å². The lowest BCUT2D eigenvalue weighted by Gasteiger charge is -2.07. The van der Waals surface area contributed by atoms with E-state index in [0.717, 1.165) is 0 Å². The average molecular weight is 207 g/mol. The quantitative estimate of drug-likeness (QED) is 0.708. The number of esters is 1. The average Bonchev–Trinajstić information content (AvgIpc) is 2.27. The summed E-state index contributed by atoms with van der Waals surface area (Å²) in [5, 5.41) is 8.71. The van der Waals surface area contributed by atoms with Gasteiger partial charge in [-0.15, -0.1) is 0 Å². The van der Waals surface area contributed by atoms with Crippen LogP contribution in [0, 0.1) is 23.1 Å². The second kappa shape index (κ2) is 5.11. The number of carbonyl (C=O) groups is 1. The van der Waals surface area contributed by atoms with Crippen LogP contribution in [0.3, 0.4) is 0 Å². The molecule has 0 unspecified atom stereocenters. The lowest BCUT2D eigenvalue weighted by molar-refractivity contribution is -0.143. The Morgan fingerprint density at radius 1 is 1.60 bits per heavy atom. The fraction of sp³-hybridized carbons (Fsp3) is 0.273. The Balaban J connectivity index is 2.81. The maximum Gasteiger partial charge on any atom is 0.323 e. The highest BCUT2D eigenvalue weighted by Gasteiger charge is 2.20. The molecule has 0 spiro atoms. The Morgan fingerprint density at radius 3 is 2.80 bits per heavy atom. The fourth-order valence-electron chi connectivity index (χ4n) is 1.21. The molecule has 0 bridgehead atoms. The summed E-state index contributed by atoms with van der Waals surface area (Å²) in [4.78, 5) is 11.1. The number of hydrogen-bond acceptors (Lipinski definition) is 3. The van der Waals surface area contributed by atoms with E-state index >= 15 is 0 Å². The molecule has 4 heteroatoms. The van der Waals surface area contributed by atoms with E-state index in [4.69, 9.17) is 5.26 Å². The Morgan fingerprint density at radius 2 is 2.27 bits per heavy atom. The van der Waals surface area contributed by atoms with Crippen molar-refractivity contribution in [2.45, 2.75) is 6.42 Å². The zero-order valence-electron chi connectivity index (χ0n) is 8.24. The first-order chi connectivity index (χ1) is 7.19. The van der Waals surface area contributed by atoms with Gasteiger partial charge < -0.3 is 4.74 Å². The zero-order valence-corrected chi connectivity index (χ0v) is 8.24. The molecule has 1 aromatic carbocycles. The van der Waals surface area contributed by atoms with Gasteiger partial charge in [-0.3, -0.25) is 4.79 Å². The lowest BCUT2D eigenvalue weighted by Crippen LogP contribution is -2.17. The third kappa shape index (κ3) is 2.78. The van der Waals surface area contributed by atoms with Crippen molar-refractivity contribution >= 4 is 5.97 Å². The summed E-state index contributed by atoms with van der Waals surface area (Å²) >= 11 is 0. The molecule has 0 aliphatic carbocycles. The van der Waals surface area contributed by atoms with E-state index in [-0.39, 0.29) is 6.42 Å². The molecule has 0 aliphatic rings. The molecule has 0 saturated carbocycles. The molecule has 78 valence electrons. The molecule has 0 saturated heterocycles. The van der Waals surface area contributed by atoms with Crippen LogP contribution in [-0.4, -0.2) is 13.1 Å². The number of ether oxygens (including phenoxy) is 1. The fourth-order valence-corrected chi connectivity index (χ4v) is 1.21. The van der Waals surface area contributed by atoms with Gasteiger partial charge >= 0.3 is 5.97 Å². The first-order valence-electron chi connectivity index (χ1n) is 4.40. The van der Waals surface area contributed by atoms with Crippen LogP contribution in [0.25, 0.3) is 0 Å². The molecule has 0 heterocycles. The van der Waals surface area contributed by atoms with Gasteiger partial charge in [0, 0.05) is 6.42 Å². The van der Waals surface area contributed by atoms with Crippen LogP contribution in [0.4, 0.5) is 4.39 Å². The number of methoxy groups -OCH3 is 1. The molecule has 1 rings (SSSR count). The number of carbonyl (C=O) groups excluding carboxylic acids is 1. The van der Waals surface area contributed by atoms with Crippen LogP contribution < -0.4 is 0 Å². The molecule has 0 aliphatic heterocycles. The largest absolute Gasteiger partial charge is 0.468 e. The monoisotopic (exact) mass is 207 g/mol. The number of nitriles is 1. The third-order valence-electron chi connectivity index (χ3n) is 2.02. The first-order valence-corrected chi connectivity index (χ1v) is 4.40. The number of hydrogen-bond donors (Lipinski definition) is 0. The Bertz CT molecular complexity index is 398. The summed E-state index contributed by atoms with van der Waals surface area (Å²) in [6.07, 6.45) is 0.0375. The Kier molecular flexibility index (Phi) is 3.81. The SMILES string of the molecule is COC(=O)[C@H](C#N)Cc1ccccc1F. The molecule has 0 N–H and O–H groups in total. The van der Waals surface area contributed by atoms with Crippen LogP contribution >= 0.6 is 0 Å². The third-order valence-corrected chi connectivity index (χ3v) is 2.02. The van der Waals surface area contributed by atoms with Crippen molar-refractivity contribution in [2.24, 2.45) is 5.92 Å². The van der Waals surface area contributed by atoms with Crippen LogP contribution in [0.5, 0.6) is 0 Å². The summed E-state index contributed by atoms with van der Waals surface area (Å²) < 4.78 is 17.6. The zero-order chi connectivity index (χ0) is 11.3. The predicted octanol–water partition coefficient (Wildman–Crippen LogP) is 1.68. The molecular weight excluding hydrogens is 197 g/mol. The molecule has 0 amide bonds. The van der Waals surface area contributed by atoms with Gasteiger partial charge in [-0.1, -0.05) is 18.2 Å². The van der Waals surface area contributed by atoms with Gasteiger partial charge in [0.05, 0.1) is 13.2 Å². The van der Waals surface area contributed by atoms with Crippen LogP contribution in [0.1, 0.15) is 5.56 Å². The van der Waals surface area contributed by atoms with Gasteiger partial charge in [0.2, 0.25) is 0 Å². The topological polar surface area (TPSA) is 50.1 Å². The highest BCUT2D eigenvalue weighted by atomic mass is 19.1. The number of rotatable bonds is 3. The maximum absolute atomic E-state index is 13.2. The second-order valence-electron chi connectivity index (χ2n) is 3.00. The Hall–Kier alpha value is -1.89. The standard InChI is InChI=1S/C11H10FNO2/c1-15-11(14)9(7-13)6-8-4-2-3-5-10(8)12/h2-5,9H,6H2,1H3/t9-/m0/s1. The van der Waals surface area contributed by atoms with Crippen molar-refractivity contribution in [1.29, 1.82) is 5.26 Å². The normalized spacial score (nSPS) is 11.5. The van der Waals surface area contributed by atoms with Crippen LogP contribution in [0.2, 0.25) is 0 Å². The highest BCUT2D eigenvalue weighted by Crippen LogP contribution is 2.13. The molecule has 0 aromatic heterocycles. The van der Waals surface area contributed by atoms with E-state index in [9.17, 15) is 9.18 Å². The van der Waals surface area contributed by atoms with Gasteiger partial charge in [0.1, 0.15) is 11.7 Å². The molecule has 15 heavy (non-hydrogen) atoms. The first kappa shape index (κ1) is 11.2. The minimum absolute atomic E-state index is 0.0375. The number of halogens is 1. The molecule has 1 aromatic rings. The summed E-state index contributed by atoms with van der Waals surface area (Å²) in [5.41, 5.74) is 0.342. The van der Waals surface area contributed by atoms with Crippen LogP contribution in [0.15, 0.2) is 24.3 Å².